The Morgan fingerprint density at radius 1 is 1.04 bits per heavy atom. The summed E-state index contributed by atoms with van der Waals surface area (Å²) in [6.45, 7) is 12.6. The van der Waals surface area contributed by atoms with Crippen LogP contribution in [0.25, 0.3) is 0 Å². The van der Waals surface area contributed by atoms with E-state index in [1.165, 1.54) is 0 Å². The van der Waals surface area contributed by atoms with Crippen molar-refractivity contribution in [3.8, 4) is 0 Å². The lowest BCUT2D eigenvalue weighted by Gasteiger charge is -2.46. The number of rotatable bonds is 4. The number of aryl methyl sites for hydroxylation is 2. The number of benzene rings is 1. The minimum absolute atomic E-state index is 0.0104. The summed E-state index contributed by atoms with van der Waals surface area (Å²) < 4.78 is 0. The topological polar surface area (TPSA) is 78.9 Å². The lowest BCUT2D eigenvalue weighted by Crippen LogP contribution is -2.62. The first-order chi connectivity index (χ1) is 13.0. The van der Waals surface area contributed by atoms with Crippen LogP contribution >= 0.6 is 0 Å². The van der Waals surface area contributed by atoms with Gasteiger partial charge in [0.15, 0.2) is 0 Å². The van der Waals surface area contributed by atoms with Crippen molar-refractivity contribution in [2.75, 3.05) is 5.32 Å². The molecule has 0 bridgehead atoms. The third-order valence-corrected chi connectivity index (χ3v) is 4.89. The van der Waals surface area contributed by atoms with Crippen LogP contribution in [-0.2, 0) is 0 Å². The van der Waals surface area contributed by atoms with Gasteiger partial charge >= 0.3 is 0 Å². The van der Waals surface area contributed by atoms with Gasteiger partial charge in [0.05, 0.1) is 0 Å². The van der Waals surface area contributed by atoms with E-state index in [0.29, 0.717) is 11.5 Å². The van der Waals surface area contributed by atoms with Crippen LogP contribution in [0.5, 0.6) is 0 Å². The highest BCUT2D eigenvalue weighted by Crippen LogP contribution is 2.28. The minimum atomic E-state index is -0.0523. The number of aromatic nitrogens is 2. The first-order valence-corrected chi connectivity index (χ1v) is 9.81. The molecule has 0 atom stereocenters. The van der Waals surface area contributed by atoms with Gasteiger partial charge in [0.25, 0.3) is 5.91 Å². The number of nitrogens with zero attached hydrogens (tertiary/aromatic N) is 2. The molecule has 0 radical (unpaired) electrons. The molecule has 0 unspecified atom stereocenters. The van der Waals surface area contributed by atoms with Crippen LogP contribution in [0, 0.1) is 13.8 Å². The molecule has 2 aromatic rings. The van der Waals surface area contributed by atoms with E-state index in [1.54, 1.807) is 0 Å². The van der Waals surface area contributed by atoms with Gasteiger partial charge in [-0.25, -0.2) is 9.97 Å². The third-order valence-electron chi connectivity index (χ3n) is 4.89. The number of amides is 1. The summed E-state index contributed by atoms with van der Waals surface area (Å²) in [5.74, 6) is 0.486. The molecule has 3 N–H and O–H groups in total. The Bertz CT molecular complexity index is 839. The van der Waals surface area contributed by atoms with Crippen molar-refractivity contribution in [3.05, 3.63) is 47.3 Å². The zero-order valence-corrected chi connectivity index (χ0v) is 17.7. The summed E-state index contributed by atoms with van der Waals surface area (Å²) >= 11 is 0. The maximum absolute atomic E-state index is 12.9. The first kappa shape index (κ1) is 20.3. The summed E-state index contributed by atoms with van der Waals surface area (Å²) in [4.78, 5) is 21.7. The summed E-state index contributed by atoms with van der Waals surface area (Å²) in [5.41, 5.74) is 3.21. The van der Waals surface area contributed by atoms with Crippen molar-refractivity contribution in [3.63, 3.8) is 0 Å². The average Bonchev–Trinajstić information content (AvgIpc) is 2.51. The van der Waals surface area contributed by atoms with Gasteiger partial charge in [-0.2, -0.15) is 0 Å². The number of carbonyl (C=O) groups excluding carboxylic acids is 1. The number of carbonyl (C=O) groups is 1. The Balaban J connectivity index is 1.72. The largest absolute Gasteiger partial charge is 0.349 e. The molecule has 150 valence electrons. The second kappa shape index (κ2) is 7.51. The SMILES string of the molecule is Cc1cc(C)nc(Nc2cccc(C(=O)NC3CC(C)(C)NC(C)(C)C3)c2)n1. The number of piperidine rings is 1. The lowest BCUT2D eigenvalue weighted by molar-refractivity contribution is 0.0873. The van der Waals surface area contributed by atoms with E-state index in [4.69, 9.17) is 0 Å². The Labute approximate surface area is 167 Å². The Morgan fingerprint density at radius 2 is 1.64 bits per heavy atom. The van der Waals surface area contributed by atoms with Crippen LogP contribution in [0.1, 0.15) is 62.3 Å². The van der Waals surface area contributed by atoms with Crippen molar-refractivity contribution in [1.82, 2.24) is 20.6 Å². The van der Waals surface area contributed by atoms with Crippen LogP contribution < -0.4 is 16.0 Å². The minimum Gasteiger partial charge on any atom is -0.349 e. The lowest BCUT2D eigenvalue weighted by atomic mass is 9.79. The van der Waals surface area contributed by atoms with Gasteiger partial charge in [-0.1, -0.05) is 6.07 Å². The molecule has 28 heavy (non-hydrogen) atoms. The molecule has 1 fully saturated rings. The second-order valence-corrected chi connectivity index (χ2v) is 9.15. The molecule has 1 saturated heterocycles. The summed E-state index contributed by atoms with van der Waals surface area (Å²) in [6, 6.07) is 9.52. The van der Waals surface area contributed by atoms with Gasteiger partial charge in [-0.05, 0) is 78.6 Å². The van der Waals surface area contributed by atoms with E-state index in [1.807, 2.05) is 44.2 Å². The summed E-state index contributed by atoms with van der Waals surface area (Å²) in [6.07, 6.45) is 1.80. The second-order valence-electron chi connectivity index (χ2n) is 9.15. The van der Waals surface area contributed by atoms with E-state index in [-0.39, 0.29) is 23.0 Å². The molecule has 1 aliphatic rings. The van der Waals surface area contributed by atoms with E-state index >= 15 is 0 Å². The van der Waals surface area contributed by atoms with Crippen molar-refractivity contribution in [2.24, 2.45) is 0 Å². The van der Waals surface area contributed by atoms with E-state index in [0.717, 1.165) is 29.9 Å². The highest BCUT2D eigenvalue weighted by Gasteiger charge is 2.38. The fraction of sp³-hybridized carbons (Fsp3) is 0.500. The zero-order chi connectivity index (χ0) is 20.5. The van der Waals surface area contributed by atoms with Crippen LogP contribution in [0.4, 0.5) is 11.6 Å². The van der Waals surface area contributed by atoms with E-state index < -0.39 is 0 Å². The summed E-state index contributed by atoms with van der Waals surface area (Å²) in [5, 5.41) is 10.1. The number of anilines is 2. The Kier molecular flexibility index (Phi) is 5.44. The van der Waals surface area contributed by atoms with Gasteiger partial charge in [0, 0.05) is 39.8 Å². The standard InChI is InChI=1S/C22H31N5O/c1-14-10-15(2)24-20(23-14)26-17-9-7-8-16(11-17)19(28)25-18-12-21(3,4)27-22(5,6)13-18/h7-11,18,27H,12-13H2,1-6H3,(H,25,28)(H,23,24,26). The fourth-order valence-corrected chi connectivity index (χ4v) is 4.34. The average molecular weight is 382 g/mol. The molecular formula is C22H31N5O. The predicted molar refractivity (Wildman–Crippen MR) is 113 cm³/mol. The number of nitrogens with one attached hydrogen (secondary N) is 3. The maximum atomic E-state index is 12.9. The maximum Gasteiger partial charge on any atom is 0.251 e. The molecule has 1 amide bonds. The third kappa shape index (κ3) is 5.29. The molecule has 3 rings (SSSR count). The highest BCUT2D eigenvalue weighted by atomic mass is 16.1. The Morgan fingerprint density at radius 3 is 2.25 bits per heavy atom. The van der Waals surface area contributed by atoms with Crippen LogP contribution in [-0.4, -0.2) is 33.0 Å². The van der Waals surface area contributed by atoms with Gasteiger partial charge in [-0.15, -0.1) is 0 Å². The van der Waals surface area contributed by atoms with Crippen molar-refractivity contribution < 1.29 is 4.79 Å². The molecule has 1 aromatic heterocycles. The first-order valence-electron chi connectivity index (χ1n) is 9.81. The van der Waals surface area contributed by atoms with E-state index in [9.17, 15) is 4.79 Å². The Hall–Kier alpha value is -2.47. The van der Waals surface area contributed by atoms with Gasteiger partial charge in [0.2, 0.25) is 5.95 Å². The fourth-order valence-electron chi connectivity index (χ4n) is 4.34. The molecule has 0 saturated carbocycles. The van der Waals surface area contributed by atoms with Gasteiger partial charge in [0.1, 0.15) is 0 Å². The molecule has 2 heterocycles. The quantitative estimate of drug-likeness (QED) is 0.749. The molecule has 0 spiro atoms. The van der Waals surface area contributed by atoms with Crippen LogP contribution in [0.2, 0.25) is 0 Å². The zero-order valence-electron chi connectivity index (χ0n) is 17.7. The van der Waals surface area contributed by atoms with Crippen molar-refractivity contribution in [1.29, 1.82) is 0 Å². The van der Waals surface area contributed by atoms with Crippen LogP contribution in [0.15, 0.2) is 30.3 Å². The molecule has 0 aliphatic carbocycles. The normalized spacial score (nSPS) is 18.5. The molecular weight excluding hydrogens is 350 g/mol. The molecule has 1 aliphatic heterocycles. The highest BCUT2D eigenvalue weighted by molar-refractivity contribution is 5.95. The smallest absolute Gasteiger partial charge is 0.251 e. The molecule has 6 heteroatoms. The summed E-state index contributed by atoms with van der Waals surface area (Å²) in [7, 11) is 0. The predicted octanol–water partition coefficient (Wildman–Crippen LogP) is 3.88. The number of hydrogen-bond donors (Lipinski definition) is 3. The van der Waals surface area contributed by atoms with Crippen LogP contribution in [0.3, 0.4) is 0 Å². The van der Waals surface area contributed by atoms with Gasteiger partial charge in [-0.3, -0.25) is 4.79 Å². The van der Waals surface area contributed by atoms with E-state index in [2.05, 4.69) is 53.6 Å². The van der Waals surface area contributed by atoms with Gasteiger partial charge < -0.3 is 16.0 Å². The van der Waals surface area contributed by atoms with Crippen molar-refractivity contribution >= 4 is 17.5 Å². The van der Waals surface area contributed by atoms with Crippen molar-refractivity contribution in [2.45, 2.75) is 71.5 Å². The molecule has 6 nitrogen and oxygen atoms in total. The monoisotopic (exact) mass is 381 g/mol. The molecule has 1 aromatic carbocycles. The number of hydrogen-bond acceptors (Lipinski definition) is 5.